The Morgan fingerprint density at radius 3 is 1.04 bits per heavy atom. The second kappa shape index (κ2) is 12.7. The molecule has 0 saturated carbocycles. The molecule has 0 aliphatic rings. The van der Waals surface area contributed by atoms with Gasteiger partial charge in [0.25, 0.3) is 0 Å². The van der Waals surface area contributed by atoms with Gasteiger partial charge in [-0.2, -0.15) is 0 Å². The first-order valence-corrected chi connectivity index (χ1v) is 16.8. The van der Waals surface area contributed by atoms with E-state index in [9.17, 15) is 0 Å². The van der Waals surface area contributed by atoms with Crippen molar-refractivity contribution in [3.63, 3.8) is 0 Å². The molecule has 1 heterocycles. The molecule has 0 N–H and O–H groups in total. The van der Waals surface area contributed by atoms with Crippen LogP contribution in [0.1, 0.15) is 0 Å². The first-order valence-electron chi connectivity index (χ1n) is 16.8. The van der Waals surface area contributed by atoms with Crippen LogP contribution in [0.25, 0.3) is 89.1 Å². The topological polar surface area (TPSA) is 38.7 Å². The minimum atomic E-state index is 0.645. The van der Waals surface area contributed by atoms with E-state index in [4.69, 9.17) is 15.0 Å². The second-order valence-electron chi connectivity index (χ2n) is 12.5. The Morgan fingerprint density at radius 2 is 0.500 bits per heavy atom. The van der Waals surface area contributed by atoms with Gasteiger partial charge in [-0.15, -0.1) is 0 Å². The highest BCUT2D eigenvalue weighted by Gasteiger charge is 2.13. The SMILES string of the molecule is c1ccc(-c2ccc(-c3ccc(-c4nc(-c5ccccc5)nc(-c5ccc6cc(-c7ccc8ccccc8c7)ccc6c5)n4)cc3)cc2)cc1. The van der Waals surface area contributed by atoms with Crippen LogP contribution in [0.5, 0.6) is 0 Å². The van der Waals surface area contributed by atoms with E-state index in [1.54, 1.807) is 0 Å². The molecule has 3 nitrogen and oxygen atoms in total. The maximum atomic E-state index is 5.03. The quantitative estimate of drug-likeness (QED) is 0.182. The van der Waals surface area contributed by atoms with E-state index in [-0.39, 0.29) is 0 Å². The smallest absolute Gasteiger partial charge is 0.164 e. The number of fused-ring (bicyclic) bond motifs is 2. The molecule has 9 aromatic rings. The lowest BCUT2D eigenvalue weighted by molar-refractivity contribution is 1.07. The van der Waals surface area contributed by atoms with Gasteiger partial charge in [0, 0.05) is 16.7 Å². The van der Waals surface area contributed by atoms with Crippen LogP contribution >= 0.6 is 0 Å². The van der Waals surface area contributed by atoms with Crippen LogP contribution in [0, 0.1) is 0 Å². The van der Waals surface area contributed by atoms with Crippen molar-refractivity contribution in [3.05, 3.63) is 188 Å². The number of rotatable bonds is 6. The summed E-state index contributed by atoms with van der Waals surface area (Å²) < 4.78 is 0. The molecule has 0 atom stereocenters. The fourth-order valence-corrected chi connectivity index (χ4v) is 6.58. The highest BCUT2D eigenvalue weighted by molar-refractivity contribution is 5.93. The van der Waals surface area contributed by atoms with Crippen LogP contribution in [-0.2, 0) is 0 Å². The van der Waals surface area contributed by atoms with Gasteiger partial charge in [0.1, 0.15) is 0 Å². The van der Waals surface area contributed by atoms with Crippen molar-refractivity contribution in [1.82, 2.24) is 15.0 Å². The Kier molecular flexibility index (Phi) is 7.49. The molecule has 1 aromatic heterocycles. The number of nitrogens with zero attached hydrogens (tertiary/aromatic N) is 3. The molecule has 9 rings (SSSR count). The van der Waals surface area contributed by atoms with E-state index < -0.39 is 0 Å². The monoisotopic (exact) mass is 637 g/mol. The van der Waals surface area contributed by atoms with Crippen molar-refractivity contribution in [2.75, 3.05) is 0 Å². The summed E-state index contributed by atoms with van der Waals surface area (Å²) in [5.41, 5.74) is 9.97. The number of aromatic nitrogens is 3. The fraction of sp³-hybridized carbons (Fsp3) is 0. The molecular formula is C47H31N3. The Bertz CT molecular complexity index is 2610. The molecule has 3 heteroatoms. The van der Waals surface area contributed by atoms with Crippen LogP contribution in [-0.4, -0.2) is 15.0 Å². The summed E-state index contributed by atoms with van der Waals surface area (Å²) in [4.78, 5) is 15.0. The van der Waals surface area contributed by atoms with E-state index in [0.717, 1.165) is 33.2 Å². The molecule has 0 aliphatic heterocycles. The lowest BCUT2D eigenvalue weighted by Crippen LogP contribution is -2.00. The first-order chi connectivity index (χ1) is 24.7. The van der Waals surface area contributed by atoms with Gasteiger partial charge in [0.2, 0.25) is 0 Å². The predicted molar refractivity (Wildman–Crippen MR) is 207 cm³/mol. The molecule has 0 unspecified atom stereocenters. The molecular weight excluding hydrogens is 607 g/mol. The summed E-state index contributed by atoms with van der Waals surface area (Å²) in [6, 6.07) is 66.0. The van der Waals surface area contributed by atoms with Crippen LogP contribution in [0.3, 0.4) is 0 Å². The van der Waals surface area contributed by atoms with Crippen molar-refractivity contribution in [2.24, 2.45) is 0 Å². The first kappa shape index (κ1) is 29.4. The van der Waals surface area contributed by atoms with Crippen LogP contribution in [0.4, 0.5) is 0 Å². The van der Waals surface area contributed by atoms with Gasteiger partial charge < -0.3 is 0 Å². The highest BCUT2D eigenvalue weighted by Crippen LogP contribution is 2.32. The maximum absolute atomic E-state index is 5.03. The van der Waals surface area contributed by atoms with Crippen molar-refractivity contribution >= 4 is 21.5 Å². The maximum Gasteiger partial charge on any atom is 0.164 e. The average Bonchev–Trinajstić information content (AvgIpc) is 3.21. The normalized spacial score (nSPS) is 11.2. The summed E-state index contributed by atoms with van der Waals surface area (Å²) in [6.07, 6.45) is 0. The van der Waals surface area contributed by atoms with Gasteiger partial charge >= 0.3 is 0 Å². The molecule has 234 valence electrons. The largest absolute Gasteiger partial charge is 0.208 e. The Labute approximate surface area is 291 Å². The van der Waals surface area contributed by atoms with Gasteiger partial charge in [0.05, 0.1) is 0 Å². The van der Waals surface area contributed by atoms with E-state index in [2.05, 4.69) is 152 Å². The van der Waals surface area contributed by atoms with Crippen LogP contribution < -0.4 is 0 Å². The Morgan fingerprint density at radius 1 is 0.200 bits per heavy atom. The minimum Gasteiger partial charge on any atom is -0.208 e. The van der Waals surface area contributed by atoms with Gasteiger partial charge in [0.15, 0.2) is 17.5 Å². The third-order valence-corrected chi connectivity index (χ3v) is 9.32. The highest BCUT2D eigenvalue weighted by atomic mass is 15.0. The van der Waals surface area contributed by atoms with Crippen molar-refractivity contribution in [2.45, 2.75) is 0 Å². The summed E-state index contributed by atoms with van der Waals surface area (Å²) in [5.74, 6) is 1.94. The Balaban J connectivity index is 1.05. The zero-order valence-corrected chi connectivity index (χ0v) is 27.2. The minimum absolute atomic E-state index is 0.645. The third-order valence-electron chi connectivity index (χ3n) is 9.32. The third kappa shape index (κ3) is 5.82. The number of benzene rings is 8. The van der Waals surface area contributed by atoms with Crippen molar-refractivity contribution in [1.29, 1.82) is 0 Å². The molecule has 0 spiro atoms. The molecule has 0 fully saturated rings. The van der Waals surface area contributed by atoms with Crippen LogP contribution in [0.2, 0.25) is 0 Å². The molecule has 0 bridgehead atoms. The summed E-state index contributed by atoms with van der Waals surface area (Å²) in [7, 11) is 0. The average molecular weight is 638 g/mol. The van der Waals surface area contributed by atoms with E-state index in [1.165, 1.54) is 38.4 Å². The van der Waals surface area contributed by atoms with Gasteiger partial charge in [-0.3, -0.25) is 0 Å². The number of hydrogen-bond acceptors (Lipinski definition) is 3. The lowest BCUT2D eigenvalue weighted by Gasteiger charge is -2.11. The molecule has 0 radical (unpaired) electrons. The molecule has 50 heavy (non-hydrogen) atoms. The molecule has 0 amide bonds. The van der Waals surface area contributed by atoms with E-state index in [0.29, 0.717) is 17.5 Å². The lowest BCUT2D eigenvalue weighted by atomic mass is 9.98. The van der Waals surface area contributed by atoms with Crippen molar-refractivity contribution < 1.29 is 0 Å². The summed E-state index contributed by atoms with van der Waals surface area (Å²) in [5, 5.41) is 4.80. The zero-order chi connectivity index (χ0) is 33.3. The fourth-order valence-electron chi connectivity index (χ4n) is 6.58. The second-order valence-corrected chi connectivity index (χ2v) is 12.5. The van der Waals surface area contributed by atoms with Crippen molar-refractivity contribution in [3.8, 4) is 67.5 Å². The predicted octanol–water partition coefficient (Wildman–Crippen LogP) is 12.2. The zero-order valence-electron chi connectivity index (χ0n) is 27.2. The van der Waals surface area contributed by atoms with Crippen LogP contribution in [0.15, 0.2) is 188 Å². The molecule has 8 aromatic carbocycles. The molecule has 0 saturated heterocycles. The van der Waals surface area contributed by atoms with Gasteiger partial charge in [-0.05, 0) is 73.1 Å². The summed E-state index contributed by atoms with van der Waals surface area (Å²) in [6.45, 7) is 0. The van der Waals surface area contributed by atoms with E-state index >= 15 is 0 Å². The van der Waals surface area contributed by atoms with E-state index in [1.807, 2.05) is 36.4 Å². The Hall–Kier alpha value is -6.71. The number of hydrogen-bond donors (Lipinski definition) is 0. The van der Waals surface area contributed by atoms with Gasteiger partial charge in [-0.1, -0.05) is 170 Å². The summed E-state index contributed by atoms with van der Waals surface area (Å²) >= 11 is 0. The van der Waals surface area contributed by atoms with Gasteiger partial charge in [-0.25, -0.2) is 15.0 Å². The molecule has 0 aliphatic carbocycles. The standard InChI is InChI=1S/C47H31N3/c1-3-9-32(10-4-1)34-15-17-35(18-16-34)36-19-22-38(23-20-36)46-48-45(37-12-5-2-6-13-37)49-47(50-46)44-28-27-42-30-41(25-26-43(42)31-44)40-24-21-33-11-7-8-14-39(33)29-40/h1-31H.